The highest BCUT2D eigenvalue weighted by Crippen LogP contribution is 2.31. The van der Waals surface area contributed by atoms with E-state index in [1.54, 1.807) is 6.92 Å². The van der Waals surface area contributed by atoms with Crippen LogP contribution in [0, 0.1) is 25.6 Å². The predicted octanol–water partition coefficient (Wildman–Crippen LogP) is 1.85. The zero-order chi connectivity index (χ0) is 15.9. The fraction of sp³-hybridized carbons (Fsp3) is 0.438. The number of hydrogen-bond acceptors (Lipinski definition) is 4. The number of aryl methyl sites for hydroxylation is 2. The molecule has 22 heavy (non-hydrogen) atoms. The largest absolute Gasteiger partial charge is 0.350 e. The number of fused-ring (bicyclic) bond motifs is 1. The van der Waals surface area contributed by atoms with Gasteiger partial charge < -0.3 is 11.1 Å². The van der Waals surface area contributed by atoms with Crippen molar-refractivity contribution in [3.63, 3.8) is 0 Å². The molecule has 1 atom stereocenters. The Morgan fingerprint density at radius 1 is 1.36 bits per heavy atom. The van der Waals surface area contributed by atoms with E-state index in [-0.39, 0.29) is 17.5 Å². The summed E-state index contributed by atoms with van der Waals surface area (Å²) in [5.41, 5.74) is 8.43. The van der Waals surface area contributed by atoms with E-state index in [1.165, 1.54) is 12.1 Å². The fourth-order valence-corrected chi connectivity index (χ4v) is 2.47. The maximum atomic E-state index is 13.8. The topological polar surface area (TPSA) is 80.9 Å². The molecule has 6 heteroatoms. The van der Waals surface area contributed by atoms with Crippen molar-refractivity contribution in [1.29, 1.82) is 0 Å². The number of carbonyl (C=O) groups is 1. The van der Waals surface area contributed by atoms with Crippen molar-refractivity contribution in [1.82, 2.24) is 15.3 Å². The standard InChI is InChI=1S/C16H19FN4O/c1-8-9(2)21-15-12(5-11(17)6-14(15)20-8)16(22)19-7-13(18)10-3-4-10/h5-6,10,13H,3-4,7,18H2,1-2H3,(H,19,22). The minimum Gasteiger partial charge on any atom is -0.350 e. The Bertz CT molecular complexity index is 742. The van der Waals surface area contributed by atoms with Gasteiger partial charge in [-0.2, -0.15) is 0 Å². The number of carbonyl (C=O) groups excluding carboxylic acids is 1. The third-order valence-corrected chi connectivity index (χ3v) is 4.12. The van der Waals surface area contributed by atoms with E-state index >= 15 is 0 Å². The molecule has 1 amide bonds. The van der Waals surface area contributed by atoms with Gasteiger partial charge in [-0.25, -0.2) is 14.4 Å². The smallest absolute Gasteiger partial charge is 0.253 e. The van der Waals surface area contributed by atoms with Crippen molar-refractivity contribution in [2.24, 2.45) is 11.7 Å². The lowest BCUT2D eigenvalue weighted by atomic mass is 10.1. The molecule has 0 bridgehead atoms. The Morgan fingerprint density at radius 2 is 2.05 bits per heavy atom. The van der Waals surface area contributed by atoms with Gasteiger partial charge in [-0.1, -0.05) is 0 Å². The highest BCUT2D eigenvalue weighted by Gasteiger charge is 2.28. The van der Waals surface area contributed by atoms with Crippen molar-refractivity contribution in [2.75, 3.05) is 6.54 Å². The summed E-state index contributed by atoms with van der Waals surface area (Å²) in [4.78, 5) is 21.0. The third-order valence-electron chi connectivity index (χ3n) is 4.12. The number of halogens is 1. The number of nitrogens with one attached hydrogen (secondary N) is 1. The molecule has 1 aromatic carbocycles. The van der Waals surface area contributed by atoms with Crippen LogP contribution in [0.4, 0.5) is 4.39 Å². The van der Waals surface area contributed by atoms with E-state index in [1.807, 2.05) is 6.92 Å². The van der Waals surface area contributed by atoms with Crippen LogP contribution in [0.15, 0.2) is 12.1 Å². The molecular formula is C16H19FN4O. The average Bonchev–Trinajstić information content (AvgIpc) is 3.30. The fourth-order valence-electron chi connectivity index (χ4n) is 2.47. The SMILES string of the molecule is Cc1nc2cc(F)cc(C(=O)NCC(N)C3CC3)c2nc1C. The summed E-state index contributed by atoms with van der Waals surface area (Å²) in [7, 11) is 0. The van der Waals surface area contributed by atoms with Crippen LogP contribution in [0.3, 0.4) is 0 Å². The van der Waals surface area contributed by atoms with E-state index in [4.69, 9.17) is 5.73 Å². The molecule has 2 aromatic rings. The minimum absolute atomic E-state index is 0.0427. The van der Waals surface area contributed by atoms with Crippen LogP contribution >= 0.6 is 0 Å². The summed E-state index contributed by atoms with van der Waals surface area (Å²) in [6.07, 6.45) is 2.23. The third kappa shape index (κ3) is 2.92. The molecule has 0 saturated heterocycles. The van der Waals surface area contributed by atoms with E-state index in [0.717, 1.165) is 24.2 Å². The van der Waals surface area contributed by atoms with Gasteiger partial charge in [-0.3, -0.25) is 4.79 Å². The van der Waals surface area contributed by atoms with Gasteiger partial charge in [0.15, 0.2) is 0 Å². The van der Waals surface area contributed by atoms with Crippen molar-refractivity contribution >= 4 is 16.9 Å². The first-order valence-electron chi connectivity index (χ1n) is 7.44. The zero-order valence-corrected chi connectivity index (χ0v) is 12.7. The Labute approximate surface area is 128 Å². The molecule has 0 spiro atoms. The molecule has 1 aliphatic carbocycles. The number of rotatable bonds is 4. The number of hydrogen-bond donors (Lipinski definition) is 2. The number of aromatic nitrogens is 2. The quantitative estimate of drug-likeness (QED) is 0.903. The maximum absolute atomic E-state index is 13.8. The van der Waals surface area contributed by atoms with Crippen LogP contribution in [0.2, 0.25) is 0 Å². The van der Waals surface area contributed by atoms with Gasteiger partial charge in [-0.05, 0) is 38.7 Å². The van der Waals surface area contributed by atoms with Gasteiger partial charge in [0, 0.05) is 18.7 Å². The molecule has 116 valence electrons. The van der Waals surface area contributed by atoms with Crippen LogP contribution in [-0.2, 0) is 0 Å². The molecule has 1 heterocycles. The Balaban J connectivity index is 1.91. The summed E-state index contributed by atoms with van der Waals surface area (Å²) in [5, 5.41) is 2.78. The van der Waals surface area contributed by atoms with Gasteiger partial charge >= 0.3 is 0 Å². The van der Waals surface area contributed by atoms with E-state index in [0.29, 0.717) is 23.5 Å². The number of nitrogens with two attached hydrogens (primary N) is 1. The lowest BCUT2D eigenvalue weighted by Crippen LogP contribution is -2.38. The summed E-state index contributed by atoms with van der Waals surface area (Å²) >= 11 is 0. The van der Waals surface area contributed by atoms with E-state index in [2.05, 4.69) is 15.3 Å². The van der Waals surface area contributed by atoms with E-state index in [9.17, 15) is 9.18 Å². The summed E-state index contributed by atoms with van der Waals surface area (Å²) in [5.74, 6) is -0.367. The van der Waals surface area contributed by atoms with Gasteiger partial charge in [0.25, 0.3) is 5.91 Å². The van der Waals surface area contributed by atoms with Crippen LogP contribution in [0.1, 0.15) is 34.6 Å². The van der Waals surface area contributed by atoms with Crippen LogP contribution in [0.25, 0.3) is 11.0 Å². The van der Waals surface area contributed by atoms with Crippen LogP contribution in [0.5, 0.6) is 0 Å². The molecule has 0 aliphatic heterocycles. The summed E-state index contributed by atoms with van der Waals surface area (Å²) in [6.45, 7) is 4.01. The van der Waals surface area contributed by atoms with Gasteiger partial charge in [0.05, 0.1) is 22.5 Å². The van der Waals surface area contributed by atoms with Gasteiger partial charge in [0.1, 0.15) is 11.3 Å². The molecule has 1 unspecified atom stereocenters. The van der Waals surface area contributed by atoms with Crippen LogP contribution in [-0.4, -0.2) is 28.5 Å². The van der Waals surface area contributed by atoms with Crippen LogP contribution < -0.4 is 11.1 Å². The second-order valence-electron chi connectivity index (χ2n) is 5.93. The van der Waals surface area contributed by atoms with Gasteiger partial charge in [-0.15, -0.1) is 0 Å². The van der Waals surface area contributed by atoms with Crippen molar-refractivity contribution in [2.45, 2.75) is 32.7 Å². The first-order chi connectivity index (χ1) is 10.5. The first kappa shape index (κ1) is 14.8. The number of amides is 1. The normalized spacial score (nSPS) is 15.8. The lowest BCUT2D eigenvalue weighted by molar-refractivity contribution is 0.0951. The summed E-state index contributed by atoms with van der Waals surface area (Å²) < 4.78 is 13.8. The number of nitrogens with zero attached hydrogens (tertiary/aromatic N) is 2. The highest BCUT2D eigenvalue weighted by molar-refractivity contribution is 6.04. The minimum atomic E-state index is -0.498. The Hall–Kier alpha value is -2.08. The van der Waals surface area contributed by atoms with Crippen molar-refractivity contribution < 1.29 is 9.18 Å². The van der Waals surface area contributed by atoms with Crippen molar-refractivity contribution in [3.8, 4) is 0 Å². The molecule has 5 nitrogen and oxygen atoms in total. The lowest BCUT2D eigenvalue weighted by Gasteiger charge is -2.13. The first-order valence-corrected chi connectivity index (χ1v) is 7.44. The molecule has 1 aromatic heterocycles. The summed E-state index contributed by atoms with van der Waals surface area (Å²) in [6, 6.07) is 2.45. The monoisotopic (exact) mass is 302 g/mol. The average molecular weight is 302 g/mol. The Morgan fingerprint density at radius 3 is 2.73 bits per heavy atom. The Kier molecular flexibility index (Phi) is 3.78. The van der Waals surface area contributed by atoms with Crippen molar-refractivity contribution in [3.05, 3.63) is 34.9 Å². The molecule has 3 rings (SSSR count). The zero-order valence-electron chi connectivity index (χ0n) is 12.7. The second-order valence-corrected chi connectivity index (χ2v) is 5.93. The predicted molar refractivity (Wildman–Crippen MR) is 82.0 cm³/mol. The molecule has 1 fully saturated rings. The highest BCUT2D eigenvalue weighted by atomic mass is 19.1. The van der Waals surface area contributed by atoms with Gasteiger partial charge in [0.2, 0.25) is 0 Å². The molecular weight excluding hydrogens is 283 g/mol. The second kappa shape index (κ2) is 5.61. The maximum Gasteiger partial charge on any atom is 0.253 e. The molecule has 0 radical (unpaired) electrons. The van der Waals surface area contributed by atoms with E-state index < -0.39 is 5.82 Å². The molecule has 1 saturated carbocycles. The number of benzene rings is 1. The molecule has 3 N–H and O–H groups in total. The molecule has 1 aliphatic rings.